The molecule has 2 aromatic rings. The largest absolute Gasteiger partial charge is 0.507 e. The van der Waals surface area contributed by atoms with Gasteiger partial charge in [0.1, 0.15) is 11.6 Å². The predicted octanol–water partition coefficient (Wildman–Crippen LogP) is 3.34. The number of rotatable bonds is 5. The number of likely N-dealkylation sites (tertiary alicyclic amines) is 1. The summed E-state index contributed by atoms with van der Waals surface area (Å²) in [5.74, 6) is -2.20. The second-order valence-corrected chi connectivity index (χ2v) is 8.42. The molecule has 0 aromatic heterocycles. The Morgan fingerprint density at radius 1 is 1.10 bits per heavy atom. The van der Waals surface area contributed by atoms with Gasteiger partial charge < -0.3 is 14.7 Å². The van der Waals surface area contributed by atoms with E-state index in [1.54, 1.807) is 30.3 Å². The van der Waals surface area contributed by atoms with Crippen molar-refractivity contribution in [3.63, 3.8) is 0 Å². The molecular weight excluding hydrogens is 467 g/mol. The Bertz CT molecular complexity index is 1020. The third kappa shape index (κ3) is 4.56. The molecule has 4 rings (SSSR count). The number of hydrogen-bond acceptors (Lipinski definition) is 5. The molecule has 2 heterocycles. The van der Waals surface area contributed by atoms with Crippen molar-refractivity contribution in [2.75, 3.05) is 39.4 Å². The average molecular weight is 489 g/mol. The third-order valence-corrected chi connectivity index (χ3v) is 6.11. The maximum Gasteiger partial charge on any atom is 0.295 e. The Morgan fingerprint density at radius 3 is 2.48 bits per heavy atom. The number of aliphatic hydroxyl groups excluding tert-OH is 1. The van der Waals surface area contributed by atoms with Crippen molar-refractivity contribution in [2.45, 2.75) is 6.04 Å². The second kappa shape index (κ2) is 9.30. The van der Waals surface area contributed by atoms with Crippen LogP contribution >= 0.6 is 15.9 Å². The van der Waals surface area contributed by atoms with Crippen molar-refractivity contribution in [3.05, 3.63) is 75.5 Å². The van der Waals surface area contributed by atoms with Gasteiger partial charge in [-0.3, -0.25) is 14.5 Å². The molecule has 2 fully saturated rings. The van der Waals surface area contributed by atoms with E-state index in [1.165, 1.54) is 23.1 Å². The number of benzene rings is 2. The highest BCUT2D eigenvalue weighted by atomic mass is 79.9. The normalized spacial score (nSPS) is 21.6. The van der Waals surface area contributed by atoms with Crippen LogP contribution in [0.1, 0.15) is 17.2 Å². The first-order valence-corrected chi connectivity index (χ1v) is 10.8. The standard InChI is InChI=1S/C23H22BrFN2O4/c24-17-6-4-15(5-7-17)21(28)19-20(16-2-1-3-18(25)14-16)27(23(30)22(19)29)9-8-26-10-12-31-13-11-26/h1-7,14,20,28H,8-13H2/b21-19+/t20-/m1/s1. The summed E-state index contributed by atoms with van der Waals surface area (Å²) in [5, 5.41) is 11.0. The average Bonchev–Trinajstić information content (AvgIpc) is 3.03. The molecule has 0 aliphatic carbocycles. The highest BCUT2D eigenvalue weighted by molar-refractivity contribution is 9.10. The van der Waals surface area contributed by atoms with E-state index in [1.807, 2.05) is 0 Å². The van der Waals surface area contributed by atoms with Gasteiger partial charge in [-0.15, -0.1) is 0 Å². The molecule has 162 valence electrons. The molecule has 0 bridgehead atoms. The molecule has 1 atom stereocenters. The van der Waals surface area contributed by atoms with Gasteiger partial charge in [-0.2, -0.15) is 0 Å². The molecule has 0 unspecified atom stereocenters. The molecule has 0 saturated carbocycles. The Balaban J connectivity index is 1.73. The SMILES string of the molecule is O=C1C(=O)N(CCN2CCOCC2)[C@H](c2cccc(F)c2)/C1=C(\O)c1ccc(Br)cc1. The summed E-state index contributed by atoms with van der Waals surface area (Å²) < 4.78 is 20.2. The highest BCUT2D eigenvalue weighted by Gasteiger charge is 2.46. The molecule has 2 saturated heterocycles. The Morgan fingerprint density at radius 2 is 1.81 bits per heavy atom. The monoisotopic (exact) mass is 488 g/mol. The predicted molar refractivity (Wildman–Crippen MR) is 117 cm³/mol. The van der Waals surface area contributed by atoms with Gasteiger partial charge in [0.2, 0.25) is 0 Å². The van der Waals surface area contributed by atoms with Gasteiger partial charge in [0.15, 0.2) is 0 Å². The van der Waals surface area contributed by atoms with E-state index in [4.69, 9.17) is 4.74 Å². The molecule has 6 nitrogen and oxygen atoms in total. The number of ketones is 1. The van der Waals surface area contributed by atoms with E-state index in [9.17, 15) is 19.1 Å². The van der Waals surface area contributed by atoms with Crippen LogP contribution in [-0.2, 0) is 14.3 Å². The Kier molecular flexibility index (Phi) is 6.50. The number of nitrogens with zero attached hydrogens (tertiary/aromatic N) is 2. The first-order chi connectivity index (χ1) is 15.0. The van der Waals surface area contributed by atoms with Crippen LogP contribution in [0.3, 0.4) is 0 Å². The smallest absolute Gasteiger partial charge is 0.295 e. The van der Waals surface area contributed by atoms with Crippen LogP contribution in [0.5, 0.6) is 0 Å². The number of carbonyl (C=O) groups is 2. The molecule has 0 spiro atoms. The zero-order valence-electron chi connectivity index (χ0n) is 16.8. The summed E-state index contributed by atoms with van der Waals surface area (Å²) >= 11 is 3.34. The number of Topliss-reactive ketones (excluding diaryl/α,β-unsaturated/α-hetero) is 1. The third-order valence-electron chi connectivity index (χ3n) is 5.58. The molecule has 2 aliphatic heterocycles. The Hall–Kier alpha value is -2.55. The molecule has 1 amide bonds. The topological polar surface area (TPSA) is 70.1 Å². The van der Waals surface area contributed by atoms with E-state index in [0.29, 0.717) is 30.9 Å². The van der Waals surface area contributed by atoms with Crippen molar-refractivity contribution in [1.29, 1.82) is 0 Å². The minimum atomic E-state index is -0.861. The lowest BCUT2D eigenvalue weighted by Crippen LogP contribution is -2.42. The van der Waals surface area contributed by atoms with E-state index < -0.39 is 23.5 Å². The lowest BCUT2D eigenvalue weighted by Gasteiger charge is -2.31. The number of ether oxygens (including phenoxy) is 1. The van der Waals surface area contributed by atoms with Gasteiger partial charge in [0, 0.05) is 36.2 Å². The van der Waals surface area contributed by atoms with Gasteiger partial charge >= 0.3 is 0 Å². The minimum absolute atomic E-state index is 0.0279. The highest BCUT2D eigenvalue weighted by Crippen LogP contribution is 2.39. The van der Waals surface area contributed by atoms with Gasteiger partial charge in [-0.05, 0) is 29.8 Å². The van der Waals surface area contributed by atoms with Gasteiger partial charge in [-0.25, -0.2) is 4.39 Å². The zero-order chi connectivity index (χ0) is 22.0. The summed E-state index contributed by atoms with van der Waals surface area (Å²) in [4.78, 5) is 29.5. The first-order valence-electron chi connectivity index (χ1n) is 10.1. The van der Waals surface area contributed by atoms with Crippen LogP contribution in [0.2, 0.25) is 0 Å². The number of hydrogen-bond donors (Lipinski definition) is 1. The van der Waals surface area contributed by atoms with Crippen LogP contribution < -0.4 is 0 Å². The van der Waals surface area contributed by atoms with Crippen LogP contribution in [-0.4, -0.2) is 66.0 Å². The van der Waals surface area contributed by atoms with Crippen molar-refractivity contribution >= 4 is 33.4 Å². The number of morpholine rings is 1. The number of amides is 1. The lowest BCUT2D eigenvalue weighted by molar-refractivity contribution is -0.140. The number of aliphatic hydroxyl groups is 1. The molecule has 2 aliphatic rings. The fourth-order valence-electron chi connectivity index (χ4n) is 3.97. The summed E-state index contributed by atoms with van der Waals surface area (Å²) in [6.45, 7) is 3.57. The molecule has 31 heavy (non-hydrogen) atoms. The van der Waals surface area contributed by atoms with E-state index >= 15 is 0 Å². The minimum Gasteiger partial charge on any atom is -0.507 e. The summed E-state index contributed by atoms with van der Waals surface area (Å²) in [6.07, 6.45) is 0. The van der Waals surface area contributed by atoms with Crippen molar-refractivity contribution < 1.29 is 23.8 Å². The van der Waals surface area contributed by atoms with Gasteiger partial charge in [0.05, 0.1) is 24.8 Å². The van der Waals surface area contributed by atoms with Crippen LogP contribution in [0.15, 0.2) is 58.6 Å². The molecular formula is C23H22BrFN2O4. The second-order valence-electron chi connectivity index (χ2n) is 7.51. The maximum absolute atomic E-state index is 14.0. The fraction of sp³-hybridized carbons (Fsp3) is 0.304. The van der Waals surface area contributed by atoms with Crippen LogP contribution in [0, 0.1) is 5.82 Å². The quantitative estimate of drug-likeness (QED) is 0.397. The van der Waals surface area contributed by atoms with E-state index in [-0.39, 0.29) is 17.9 Å². The molecule has 1 N–H and O–H groups in total. The molecule has 8 heteroatoms. The van der Waals surface area contributed by atoms with Crippen LogP contribution in [0.4, 0.5) is 4.39 Å². The van der Waals surface area contributed by atoms with Gasteiger partial charge in [-0.1, -0.05) is 40.2 Å². The van der Waals surface area contributed by atoms with Crippen molar-refractivity contribution in [1.82, 2.24) is 9.80 Å². The van der Waals surface area contributed by atoms with Crippen molar-refractivity contribution in [2.24, 2.45) is 0 Å². The molecule has 2 aromatic carbocycles. The lowest BCUT2D eigenvalue weighted by atomic mass is 9.95. The number of carbonyl (C=O) groups excluding carboxylic acids is 2. The Labute approximate surface area is 188 Å². The fourth-order valence-corrected chi connectivity index (χ4v) is 4.24. The van der Waals surface area contributed by atoms with Crippen LogP contribution in [0.25, 0.3) is 5.76 Å². The summed E-state index contributed by atoms with van der Waals surface area (Å²) in [5.41, 5.74) is 0.829. The van der Waals surface area contributed by atoms with Gasteiger partial charge in [0.25, 0.3) is 11.7 Å². The number of halogens is 2. The van der Waals surface area contributed by atoms with Crippen molar-refractivity contribution in [3.8, 4) is 0 Å². The zero-order valence-corrected chi connectivity index (χ0v) is 18.3. The maximum atomic E-state index is 14.0. The van der Waals surface area contributed by atoms with E-state index in [0.717, 1.165) is 17.6 Å². The summed E-state index contributed by atoms with van der Waals surface area (Å²) in [7, 11) is 0. The first kappa shape index (κ1) is 21.7. The molecule has 0 radical (unpaired) electrons. The summed E-state index contributed by atoms with van der Waals surface area (Å²) in [6, 6.07) is 11.7. The van der Waals surface area contributed by atoms with E-state index in [2.05, 4.69) is 20.8 Å².